The molecule has 3 aromatic carbocycles. The number of halogens is 3. The Morgan fingerprint density at radius 3 is 2.27 bits per heavy atom. The van der Waals surface area contributed by atoms with Gasteiger partial charge in [-0.3, -0.25) is 0 Å². The highest BCUT2D eigenvalue weighted by Gasteiger charge is 2.39. The number of para-hydroxylation sites is 1. The molecular weight excluding hydrogens is 503 g/mol. The molecule has 0 amide bonds. The molecule has 0 spiro atoms. The average molecular weight is 528 g/mol. The standard InChI is InChI=1S/C26H24F3N5O2S/c1-19-7-5-6-10-23(19)32-25(31-18-30)33-15-16-34(24(17-33)20-8-3-2-4-9-20)37(35,36)22-13-11-21(12-14-22)26(27,28)29/h2-14,24H,15-17H2,1H3,(H,31,32). The van der Waals surface area contributed by atoms with E-state index in [1.54, 1.807) is 41.4 Å². The highest BCUT2D eigenvalue weighted by atomic mass is 32.2. The number of benzene rings is 3. The minimum absolute atomic E-state index is 0.0306. The maximum atomic E-state index is 13.6. The number of rotatable bonds is 4. The summed E-state index contributed by atoms with van der Waals surface area (Å²) in [7, 11) is -4.13. The van der Waals surface area contributed by atoms with Gasteiger partial charge in [-0.25, -0.2) is 8.42 Å². The topological polar surface area (TPSA) is 88.8 Å². The summed E-state index contributed by atoms with van der Waals surface area (Å²) < 4.78 is 67.5. The van der Waals surface area contributed by atoms with Crippen molar-refractivity contribution in [2.24, 2.45) is 4.99 Å². The summed E-state index contributed by atoms with van der Waals surface area (Å²) in [5, 5.41) is 12.5. The van der Waals surface area contributed by atoms with Crippen molar-refractivity contribution in [3.05, 3.63) is 95.6 Å². The molecule has 37 heavy (non-hydrogen) atoms. The first-order chi connectivity index (χ1) is 17.6. The van der Waals surface area contributed by atoms with Crippen molar-refractivity contribution in [2.45, 2.75) is 24.0 Å². The Kier molecular flexibility index (Phi) is 7.52. The molecule has 1 N–H and O–H groups in total. The van der Waals surface area contributed by atoms with E-state index in [0.717, 1.165) is 35.5 Å². The largest absolute Gasteiger partial charge is 0.416 e. The average Bonchev–Trinajstić information content (AvgIpc) is 2.89. The molecule has 11 heteroatoms. The molecule has 1 saturated heterocycles. The van der Waals surface area contributed by atoms with Crippen LogP contribution in [0.2, 0.25) is 0 Å². The van der Waals surface area contributed by atoms with Crippen LogP contribution in [0.3, 0.4) is 0 Å². The summed E-state index contributed by atoms with van der Waals surface area (Å²) in [4.78, 5) is 5.53. The second kappa shape index (κ2) is 10.6. The van der Waals surface area contributed by atoms with E-state index in [9.17, 15) is 26.9 Å². The third-order valence-corrected chi connectivity index (χ3v) is 8.07. The Morgan fingerprint density at radius 1 is 1.00 bits per heavy atom. The normalized spacial score (nSPS) is 17.3. The van der Waals surface area contributed by atoms with Crippen LogP contribution in [0.4, 0.5) is 18.9 Å². The van der Waals surface area contributed by atoms with Crippen LogP contribution in [-0.2, 0) is 16.2 Å². The first kappa shape index (κ1) is 26.2. The van der Waals surface area contributed by atoms with Crippen molar-refractivity contribution in [3.63, 3.8) is 0 Å². The van der Waals surface area contributed by atoms with Crippen LogP contribution in [-0.4, -0.2) is 43.2 Å². The molecule has 7 nitrogen and oxygen atoms in total. The summed E-state index contributed by atoms with van der Waals surface area (Å²) in [6, 6.07) is 19.3. The highest BCUT2D eigenvalue weighted by Crippen LogP contribution is 2.34. The molecule has 1 atom stereocenters. The van der Waals surface area contributed by atoms with Gasteiger partial charge in [-0.15, -0.1) is 4.99 Å². The third-order valence-electron chi connectivity index (χ3n) is 6.15. The second-order valence-electron chi connectivity index (χ2n) is 8.49. The number of hydrogen-bond donors (Lipinski definition) is 1. The first-order valence-corrected chi connectivity index (χ1v) is 12.8. The maximum Gasteiger partial charge on any atom is 0.416 e. The Morgan fingerprint density at radius 2 is 1.65 bits per heavy atom. The Balaban J connectivity index is 1.67. The lowest BCUT2D eigenvalue weighted by Crippen LogP contribution is -2.53. The number of aliphatic imine (C=N–C) groups is 1. The zero-order valence-electron chi connectivity index (χ0n) is 19.9. The van der Waals surface area contributed by atoms with Crippen molar-refractivity contribution < 1.29 is 21.6 Å². The van der Waals surface area contributed by atoms with Crippen LogP contribution in [0.15, 0.2) is 88.8 Å². The first-order valence-electron chi connectivity index (χ1n) is 11.4. The highest BCUT2D eigenvalue weighted by molar-refractivity contribution is 7.89. The second-order valence-corrected chi connectivity index (χ2v) is 10.4. The lowest BCUT2D eigenvalue weighted by molar-refractivity contribution is -0.137. The number of nitrogens with zero attached hydrogens (tertiary/aromatic N) is 4. The smallest absolute Gasteiger partial charge is 0.339 e. The van der Waals surface area contributed by atoms with Gasteiger partial charge in [0.1, 0.15) is 0 Å². The number of sulfonamides is 1. The quantitative estimate of drug-likeness (QED) is 0.293. The zero-order chi connectivity index (χ0) is 26.6. The monoisotopic (exact) mass is 527 g/mol. The van der Waals surface area contributed by atoms with E-state index >= 15 is 0 Å². The van der Waals surface area contributed by atoms with Gasteiger partial charge in [-0.2, -0.15) is 22.7 Å². The summed E-state index contributed by atoms with van der Waals surface area (Å²) in [5.41, 5.74) is 1.48. The molecule has 1 aliphatic heterocycles. The van der Waals surface area contributed by atoms with Gasteiger partial charge in [-0.05, 0) is 48.4 Å². The van der Waals surface area contributed by atoms with Gasteiger partial charge >= 0.3 is 6.18 Å². The van der Waals surface area contributed by atoms with E-state index in [-0.39, 0.29) is 30.5 Å². The van der Waals surface area contributed by atoms with Gasteiger partial charge in [0.2, 0.25) is 22.2 Å². The van der Waals surface area contributed by atoms with Gasteiger partial charge in [0.05, 0.1) is 16.5 Å². The summed E-state index contributed by atoms with van der Waals surface area (Å²) in [6.45, 7) is 2.32. The van der Waals surface area contributed by atoms with E-state index in [1.807, 2.05) is 31.2 Å². The number of guanidine groups is 1. The van der Waals surface area contributed by atoms with Crippen LogP contribution < -0.4 is 5.32 Å². The van der Waals surface area contributed by atoms with Crippen molar-refractivity contribution in [1.82, 2.24) is 9.21 Å². The molecule has 4 rings (SSSR count). The van der Waals surface area contributed by atoms with Crippen molar-refractivity contribution in [2.75, 3.05) is 25.0 Å². The van der Waals surface area contributed by atoms with E-state index in [0.29, 0.717) is 5.56 Å². The van der Waals surface area contributed by atoms with Crippen LogP contribution in [0.5, 0.6) is 0 Å². The van der Waals surface area contributed by atoms with Crippen LogP contribution >= 0.6 is 0 Å². The maximum absolute atomic E-state index is 13.6. The van der Waals surface area contributed by atoms with Gasteiger partial charge in [0, 0.05) is 25.3 Å². The van der Waals surface area contributed by atoms with Gasteiger partial charge in [0.15, 0.2) is 0 Å². The molecule has 192 valence electrons. The third kappa shape index (κ3) is 5.76. The van der Waals surface area contributed by atoms with E-state index in [2.05, 4.69) is 10.3 Å². The molecule has 0 bridgehead atoms. The fraction of sp³-hybridized carbons (Fsp3) is 0.231. The molecule has 0 radical (unpaired) electrons. The van der Waals surface area contributed by atoms with Crippen LogP contribution in [0.25, 0.3) is 0 Å². The fourth-order valence-electron chi connectivity index (χ4n) is 4.20. The molecule has 0 aliphatic carbocycles. The number of hydrogen-bond acceptors (Lipinski definition) is 4. The number of nitrogens with one attached hydrogen (secondary N) is 1. The van der Waals surface area contributed by atoms with E-state index in [1.165, 1.54) is 4.31 Å². The number of aryl methyl sites for hydroxylation is 1. The predicted octanol–water partition coefficient (Wildman–Crippen LogP) is 5.01. The number of piperazine rings is 1. The van der Waals surface area contributed by atoms with E-state index < -0.39 is 27.8 Å². The number of anilines is 1. The van der Waals surface area contributed by atoms with Crippen molar-refractivity contribution in [1.29, 1.82) is 5.26 Å². The fourth-order valence-corrected chi connectivity index (χ4v) is 5.80. The van der Waals surface area contributed by atoms with Gasteiger partial charge < -0.3 is 10.2 Å². The minimum Gasteiger partial charge on any atom is -0.339 e. The molecule has 1 heterocycles. The Hall–Kier alpha value is -3.88. The Bertz CT molecular complexity index is 1420. The molecule has 1 aliphatic rings. The number of alkyl halides is 3. The summed E-state index contributed by atoms with van der Waals surface area (Å²) in [6.07, 6.45) is -2.76. The molecule has 0 saturated carbocycles. The van der Waals surface area contributed by atoms with Crippen LogP contribution in [0, 0.1) is 18.4 Å². The molecule has 3 aromatic rings. The Labute approximate surface area is 213 Å². The summed E-state index contributed by atoms with van der Waals surface area (Å²) >= 11 is 0. The zero-order valence-corrected chi connectivity index (χ0v) is 20.7. The summed E-state index contributed by atoms with van der Waals surface area (Å²) in [5.74, 6) is 0.282. The molecular formula is C26H24F3N5O2S. The molecule has 0 aromatic heterocycles. The lowest BCUT2D eigenvalue weighted by Gasteiger charge is -2.41. The SMILES string of the molecule is Cc1ccccc1N/C(=N/C#N)N1CCN(S(=O)(=O)c2ccc(C(F)(F)F)cc2)C(c2ccccc2)C1. The van der Waals surface area contributed by atoms with Crippen LogP contribution in [0.1, 0.15) is 22.7 Å². The predicted molar refractivity (Wildman–Crippen MR) is 134 cm³/mol. The van der Waals surface area contributed by atoms with Gasteiger partial charge in [-0.1, -0.05) is 48.5 Å². The molecule has 1 fully saturated rings. The minimum atomic E-state index is -4.57. The van der Waals surface area contributed by atoms with E-state index in [4.69, 9.17) is 0 Å². The van der Waals surface area contributed by atoms with Crippen molar-refractivity contribution in [3.8, 4) is 6.19 Å². The van der Waals surface area contributed by atoms with Crippen molar-refractivity contribution >= 4 is 21.7 Å². The lowest BCUT2D eigenvalue weighted by atomic mass is 10.0. The number of nitriles is 1. The molecule has 1 unspecified atom stereocenters. The van der Waals surface area contributed by atoms with Gasteiger partial charge in [0.25, 0.3) is 0 Å².